The number of hydrogen-bond acceptors (Lipinski definition) is 4. The Morgan fingerprint density at radius 1 is 1.11 bits per heavy atom. The molecule has 0 saturated heterocycles. The summed E-state index contributed by atoms with van der Waals surface area (Å²) in [7, 11) is 0. The van der Waals surface area contributed by atoms with Gasteiger partial charge in [0.15, 0.2) is 5.16 Å². The van der Waals surface area contributed by atoms with Crippen LogP contribution in [-0.4, -0.2) is 26.4 Å². The minimum atomic E-state index is -0.0934. The van der Waals surface area contributed by atoms with Gasteiger partial charge in [-0.05, 0) is 36.6 Å². The lowest BCUT2D eigenvalue weighted by Crippen LogP contribution is -2.15. The monoisotopic (exact) mass is 414 g/mol. The number of anilines is 1. The second-order valence-corrected chi connectivity index (χ2v) is 7.76. The Bertz CT molecular complexity index is 914. The van der Waals surface area contributed by atoms with Crippen LogP contribution in [0.2, 0.25) is 5.02 Å². The number of carbonyl (C=O) groups excluding carboxylic acids is 1. The maximum absolute atomic E-state index is 12.3. The summed E-state index contributed by atoms with van der Waals surface area (Å²) in [6, 6.07) is 17.5. The molecule has 146 valence electrons. The van der Waals surface area contributed by atoms with Gasteiger partial charge in [0.25, 0.3) is 0 Å². The van der Waals surface area contributed by atoms with E-state index in [1.165, 1.54) is 17.3 Å². The molecule has 0 aliphatic carbocycles. The van der Waals surface area contributed by atoms with Gasteiger partial charge in [-0.15, -0.1) is 10.2 Å². The third kappa shape index (κ3) is 5.84. The molecule has 1 aromatic heterocycles. The molecule has 7 heteroatoms. The average Bonchev–Trinajstić information content (AvgIpc) is 3.08. The van der Waals surface area contributed by atoms with Crippen molar-refractivity contribution >= 4 is 35.0 Å². The molecule has 0 atom stereocenters. The predicted molar refractivity (Wildman–Crippen MR) is 115 cm³/mol. The molecule has 0 saturated carbocycles. The molecular weight excluding hydrogens is 392 g/mol. The standard InChI is InChI=1S/C21H23ClN4OS/c1-2-13-26-19(12-11-16-7-4-3-5-8-16)24-25-21(26)28-15-20(27)23-18-10-6-9-17(22)14-18/h3-10,14H,2,11-13,15H2,1H3,(H,23,27). The van der Waals surface area contributed by atoms with Gasteiger partial charge >= 0.3 is 0 Å². The van der Waals surface area contributed by atoms with E-state index in [0.717, 1.165) is 36.8 Å². The van der Waals surface area contributed by atoms with E-state index in [0.29, 0.717) is 10.7 Å². The summed E-state index contributed by atoms with van der Waals surface area (Å²) in [6.45, 7) is 2.97. The molecule has 0 aliphatic heterocycles. The number of rotatable bonds is 9. The van der Waals surface area contributed by atoms with Crippen LogP contribution in [0.4, 0.5) is 5.69 Å². The number of benzene rings is 2. The van der Waals surface area contributed by atoms with Gasteiger partial charge in [0.05, 0.1) is 5.75 Å². The molecule has 0 radical (unpaired) electrons. The van der Waals surface area contributed by atoms with Crippen LogP contribution in [0, 0.1) is 0 Å². The number of nitrogens with one attached hydrogen (secondary N) is 1. The Hall–Kier alpha value is -2.31. The molecule has 0 fully saturated rings. The van der Waals surface area contributed by atoms with Crippen molar-refractivity contribution in [2.24, 2.45) is 0 Å². The zero-order chi connectivity index (χ0) is 19.8. The minimum absolute atomic E-state index is 0.0934. The first-order valence-corrected chi connectivity index (χ1v) is 10.7. The Morgan fingerprint density at radius 2 is 1.93 bits per heavy atom. The number of amides is 1. The van der Waals surface area contributed by atoms with E-state index >= 15 is 0 Å². The van der Waals surface area contributed by atoms with Gasteiger partial charge in [-0.2, -0.15) is 0 Å². The van der Waals surface area contributed by atoms with Crippen LogP contribution in [-0.2, 0) is 24.2 Å². The second-order valence-electron chi connectivity index (χ2n) is 6.38. The highest BCUT2D eigenvalue weighted by molar-refractivity contribution is 7.99. The number of halogens is 1. The predicted octanol–water partition coefficient (Wildman–Crippen LogP) is 4.86. The molecular formula is C21H23ClN4OS. The SMILES string of the molecule is CCCn1c(CCc2ccccc2)nnc1SCC(=O)Nc1cccc(Cl)c1. The first kappa shape index (κ1) is 20.4. The molecule has 0 unspecified atom stereocenters. The van der Waals surface area contributed by atoms with Crippen LogP contribution in [0.1, 0.15) is 24.7 Å². The van der Waals surface area contributed by atoms with Crippen LogP contribution < -0.4 is 5.32 Å². The van der Waals surface area contributed by atoms with E-state index in [9.17, 15) is 4.79 Å². The van der Waals surface area contributed by atoms with Crippen molar-refractivity contribution < 1.29 is 4.79 Å². The highest BCUT2D eigenvalue weighted by Crippen LogP contribution is 2.20. The average molecular weight is 415 g/mol. The molecule has 28 heavy (non-hydrogen) atoms. The second kappa shape index (κ2) is 10.3. The van der Waals surface area contributed by atoms with Gasteiger partial charge in [-0.25, -0.2) is 0 Å². The summed E-state index contributed by atoms with van der Waals surface area (Å²) in [5.74, 6) is 1.14. The van der Waals surface area contributed by atoms with Crippen LogP contribution in [0.5, 0.6) is 0 Å². The Kier molecular flexibility index (Phi) is 7.51. The van der Waals surface area contributed by atoms with Crippen molar-refractivity contribution in [2.75, 3.05) is 11.1 Å². The molecule has 1 heterocycles. The Morgan fingerprint density at radius 3 is 2.68 bits per heavy atom. The molecule has 0 spiro atoms. The third-order valence-electron chi connectivity index (χ3n) is 4.16. The number of thioether (sulfide) groups is 1. The normalized spacial score (nSPS) is 10.8. The first-order chi connectivity index (χ1) is 13.7. The first-order valence-electron chi connectivity index (χ1n) is 9.30. The quantitative estimate of drug-likeness (QED) is 0.508. The van der Waals surface area contributed by atoms with Crippen molar-refractivity contribution in [3.63, 3.8) is 0 Å². The summed E-state index contributed by atoms with van der Waals surface area (Å²) in [4.78, 5) is 12.3. The fourth-order valence-corrected chi connectivity index (χ4v) is 3.83. The molecule has 1 amide bonds. The maximum Gasteiger partial charge on any atom is 0.234 e. The van der Waals surface area contributed by atoms with Crippen LogP contribution in [0.25, 0.3) is 0 Å². The lowest BCUT2D eigenvalue weighted by molar-refractivity contribution is -0.113. The number of carbonyl (C=O) groups is 1. The molecule has 2 aromatic carbocycles. The summed E-state index contributed by atoms with van der Waals surface area (Å²) in [5, 5.41) is 12.9. The summed E-state index contributed by atoms with van der Waals surface area (Å²) in [5.41, 5.74) is 1.97. The van der Waals surface area contributed by atoms with Crippen molar-refractivity contribution in [2.45, 2.75) is 37.9 Å². The van der Waals surface area contributed by atoms with E-state index in [-0.39, 0.29) is 11.7 Å². The van der Waals surface area contributed by atoms with Crippen LogP contribution in [0.15, 0.2) is 59.8 Å². The largest absolute Gasteiger partial charge is 0.325 e. The Labute approximate surface area is 174 Å². The van der Waals surface area contributed by atoms with Crippen molar-refractivity contribution in [1.29, 1.82) is 0 Å². The van der Waals surface area contributed by atoms with Crippen molar-refractivity contribution in [3.8, 4) is 0 Å². The molecule has 0 aliphatic rings. The van der Waals surface area contributed by atoms with Gasteiger partial charge in [0, 0.05) is 23.7 Å². The van der Waals surface area contributed by atoms with E-state index in [2.05, 4.69) is 39.1 Å². The fourth-order valence-electron chi connectivity index (χ4n) is 2.85. The molecule has 1 N–H and O–H groups in total. The van der Waals surface area contributed by atoms with Gasteiger partial charge in [-0.1, -0.05) is 66.7 Å². The van der Waals surface area contributed by atoms with Gasteiger partial charge < -0.3 is 9.88 Å². The van der Waals surface area contributed by atoms with Crippen LogP contribution >= 0.6 is 23.4 Å². The smallest absolute Gasteiger partial charge is 0.234 e. The fraction of sp³-hybridized carbons (Fsp3) is 0.286. The highest BCUT2D eigenvalue weighted by atomic mass is 35.5. The van der Waals surface area contributed by atoms with E-state index in [4.69, 9.17) is 11.6 Å². The zero-order valence-corrected chi connectivity index (χ0v) is 17.3. The highest BCUT2D eigenvalue weighted by Gasteiger charge is 2.14. The number of nitrogens with zero attached hydrogens (tertiary/aromatic N) is 3. The summed E-state index contributed by atoms with van der Waals surface area (Å²) < 4.78 is 2.13. The number of aryl methyl sites for hydroxylation is 2. The van der Waals surface area contributed by atoms with Crippen LogP contribution in [0.3, 0.4) is 0 Å². The topological polar surface area (TPSA) is 59.8 Å². The van der Waals surface area contributed by atoms with Gasteiger partial charge in [0.2, 0.25) is 5.91 Å². The summed E-state index contributed by atoms with van der Waals surface area (Å²) >= 11 is 7.36. The van der Waals surface area contributed by atoms with Gasteiger partial charge in [0.1, 0.15) is 5.82 Å². The van der Waals surface area contributed by atoms with E-state index in [1.807, 2.05) is 30.3 Å². The lowest BCUT2D eigenvalue weighted by Gasteiger charge is -2.09. The molecule has 5 nitrogen and oxygen atoms in total. The van der Waals surface area contributed by atoms with E-state index < -0.39 is 0 Å². The Balaban J connectivity index is 1.60. The third-order valence-corrected chi connectivity index (χ3v) is 5.36. The molecule has 3 rings (SSSR count). The van der Waals surface area contributed by atoms with Crippen molar-refractivity contribution in [1.82, 2.24) is 14.8 Å². The van der Waals surface area contributed by atoms with Gasteiger partial charge in [-0.3, -0.25) is 4.79 Å². The zero-order valence-electron chi connectivity index (χ0n) is 15.8. The number of hydrogen-bond donors (Lipinski definition) is 1. The van der Waals surface area contributed by atoms with E-state index in [1.54, 1.807) is 12.1 Å². The maximum atomic E-state index is 12.3. The summed E-state index contributed by atoms with van der Waals surface area (Å²) in [6.07, 6.45) is 2.73. The van der Waals surface area contributed by atoms with Crippen molar-refractivity contribution in [3.05, 3.63) is 71.0 Å². The lowest BCUT2D eigenvalue weighted by atomic mass is 10.1. The molecule has 3 aromatic rings. The number of aromatic nitrogens is 3. The molecule has 0 bridgehead atoms. The minimum Gasteiger partial charge on any atom is -0.325 e.